The van der Waals surface area contributed by atoms with Crippen LogP contribution in [0.5, 0.6) is 0 Å². The molecule has 100 valence electrons. The van der Waals surface area contributed by atoms with Crippen LogP contribution in [0, 0.1) is 12.8 Å². The normalized spacial score (nSPS) is 12.6. The highest BCUT2D eigenvalue weighted by atomic mass is 16.2. The Bertz CT molecular complexity index is 409. The molecule has 0 aromatic carbocycles. The second-order valence-electron chi connectivity index (χ2n) is 5.32. The van der Waals surface area contributed by atoms with Crippen LogP contribution in [-0.2, 0) is 0 Å². The molecule has 1 atom stereocenters. The maximum absolute atomic E-state index is 12.3. The minimum atomic E-state index is 0.000324. The molecule has 0 aliphatic carbocycles. The molecule has 4 nitrogen and oxygen atoms in total. The summed E-state index contributed by atoms with van der Waals surface area (Å²) in [6.45, 7) is 8.22. The van der Waals surface area contributed by atoms with Crippen molar-refractivity contribution in [2.45, 2.75) is 40.2 Å². The molecule has 0 bridgehead atoms. The van der Waals surface area contributed by atoms with Crippen LogP contribution in [0.15, 0.2) is 12.1 Å². The molecule has 0 radical (unpaired) electrons. The van der Waals surface area contributed by atoms with E-state index in [1.54, 1.807) is 17.0 Å². The smallest absolute Gasteiger partial charge is 0.254 e. The van der Waals surface area contributed by atoms with Crippen LogP contribution in [0.1, 0.15) is 43.2 Å². The van der Waals surface area contributed by atoms with Crippen LogP contribution in [-0.4, -0.2) is 28.9 Å². The highest BCUT2D eigenvalue weighted by molar-refractivity contribution is 5.95. The molecule has 0 spiro atoms. The number of carbonyl (C=O) groups excluding carboxylic acids is 1. The van der Waals surface area contributed by atoms with Gasteiger partial charge >= 0.3 is 0 Å². The number of pyridine rings is 1. The van der Waals surface area contributed by atoms with E-state index in [-0.39, 0.29) is 11.9 Å². The van der Waals surface area contributed by atoms with Gasteiger partial charge in [-0.05, 0) is 38.3 Å². The van der Waals surface area contributed by atoms with E-state index in [4.69, 9.17) is 5.73 Å². The Balaban J connectivity index is 2.86. The number of aromatic nitrogens is 1. The van der Waals surface area contributed by atoms with Gasteiger partial charge in [-0.25, -0.2) is 4.98 Å². The highest BCUT2D eigenvalue weighted by Gasteiger charge is 2.18. The Labute approximate surface area is 109 Å². The lowest BCUT2D eigenvalue weighted by molar-refractivity contribution is 0.0728. The number of nitrogen functional groups attached to an aromatic ring is 1. The van der Waals surface area contributed by atoms with E-state index < -0.39 is 0 Å². The molecule has 0 saturated heterocycles. The quantitative estimate of drug-likeness (QED) is 0.891. The molecule has 0 aliphatic heterocycles. The van der Waals surface area contributed by atoms with Gasteiger partial charge in [0, 0.05) is 24.3 Å². The third-order valence-electron chi connectivity index (χ3n) is 3.01. The van der Waals surface area contributed by atoms with Crippen LogP contribution < -0.4 is 5.73 Å². The van der Waals surface area contributed by atoms with Crippen molar-refractivity contribution >= 4 is 11.7 Å². The largest absolute Gasteiger partial charge is 0.384 e. The van der Waals surface area contributed by atoms with Crippen molar-refractivity contribution in [3.63, 3.8) is 0 Å². The number of amides is 1. The number of hydrogen-bond acceptors (Lipinski definition) is 3. The van der Waals surface area contributed by atoms with Gasteiger partial charge in [-0.15, -0.1) is 0 Å². The zero-order valence-electron chi connectivity index (χ0n) is 11.9. The summed E-state index contributed by atoms with van der Waals surface area (Å²) in [4.78, 5) is 18.2. The Morgan fingerprint density at radius 1 is 1.39 bits per heavy atom. The number of aryl methyl sites for hydroxylation is 1. The summed E-state index contributed by atoms with van der Waals surface area (Å²) in [5.74, 6) is 0.961. The van der Waals surface area contributed by atoms with Crippen molar-refractivity contribution < 1.29 is 4.79 Å². The monoisotopic (exact) mass is 249 g/mol. The third-order valence-corrected chi connectivity index (χ3v) is 3.01. The molecule has 18 heavy (non-hydrogen) atoms. The minimum absolute atomic E-state index is 0.000324. The molecule has 0 fully saturated rings. The van der Waals surface area contributed by atoms with Crippen molar-refractivity contribution in [1.82, 2.24) is 9.88 Å². The summed E-state index contributed by atoms with van der Waals surface area (Å²) in [7, 11) is 1.83. The van der Waals surface area contributed by atoms with E-state index in [2.05, 4.69) is 25.8 Å². The molecule has 1 aromatic rings. The molecule has 0 saturated carbocycles. The lowest BCUT2D eigenvalue weighted by Crippen LogP contribution is -2.36. The van der Waals surface area contributed by atoms with Crippen LogP contribution in [0.2, 0.25) is 0 Å². The van der Waals surface area contributed by atoms with Gasteiger partial charge in [-0.2, -0.15) is 0 Å². The van der Waals surface area contributed by atoms with Gasteiger partial charge in [0.05, 0.1) is 0 Å². The molecule has 1 rings (SSSR count). The van der Waals surface area contributed by atoms with Gasteiger partial charge in [0.25, 0.3) is 5.91 Å². The van der Waals surface area contributed by atoms with Crippen molar-refractivity contribution in [3.05, 3.63) is 23.4 Å². The number of nitrogens with two attached hydrogens (primary N) is 1. The maximum Gasteiger partial charge on any atom is 0.254 e. The molecule has 1 unspecified atom stereocenters. The molecule has 1 heterocycles. The summed E-state index contributed by atoms with van der Waals surface area (Å²) < 4.78 is 0. The second kappa shape index (κ2) is 5.85. The SMILES string of the molecule is Cc1cc(C(=O)N(C)C(C)CC(C)C)cc(N)n1. The standard InChI is InChI=1S/C14H23N3O/c1-9(2)6-11(4)17(5)14(18)12-7-10(3)16-13(15)8-12/h7-9,11H,6H2,1-5H3,(H2,15,16). The number of hydrogen-bond donors (Lipinski definition) is 1. The van der Waals surface area contributed by atoms with Crippen LogP contribution in [0.4, 0.5) is 5.82 Å². The van der Waals surface area contributed by atoms with E-state index in [9.17, 15) is 4.79 Å². The summed E-state index contributed by atoms with van der Waals surface area (Å²) in [5.41, 5.74) is 7.05. The van der Waals surface area contributed by atoms with Gasteiger partial charge in [-0.3, -0.25) is 4.79 Å². The first-order valence-electron chi connectivity index (χ1n) is 6.32. The predicted molar refractivity (Wildman–Crippen MR) is 74.4 cm³/mol. The van der Waals surface area contributed by atoms with Crippen LogP contribution in [0.3, 0.4) is 0 Å². The van der Waals surface area contributed by atoms with E-state index in [1.807, 2.05) is 14.0 Å². The summed E-state index contributed by atoms with van der Waals surface area (Å²) >= 11 is 0. The van der Waals surface area contributed by atoms with E-state index in [1.165, 1.54) is 0 Å². The van der Waals surface area contributed by atoms with Crippen molar-refractivity contribution in [2.24, 2.45) is 5.92 Å². The molecular weight excluding hydrogens is 226 g/mol. The predicted octanol–water partition coefficient (Wildman–Crippen LogP) is 2.48. The number of nitrogens with zero attached hydrogens (tertiary/aromatic N) is 2. The lowest BCUT2D eigenvalue weighted by atomic mass is 10.0. The van der Waals surface area contributed by atoms with E-state index >= 15 is 0 Å². The molecular formula is C14H23N3O. The fourth-order valence-corrected chi connectivity index (χ4v) is 2.06. The Morgan fingerprint density at radius 3 is 2.50 bits per heavy atom. The van der Waals surface area contributed by atoms with Gasteiger partial charge in [0.2, 0.25) is 0 Å². The summed E-state index contributed by atoms with van der Waals surface area (Å²) in [6.07, 6.45) is 0.988. The summed E-state index contributed by atoms with van der Waals surface area (Å²) in [6, 6.07) is 3.62. The average molecular weight is 249 g/mol. The maximum atomic E-state index is 12.3. The first-order chi connectivity index (χ1) is 8.31. The zero-order chi connectivity index (χ0) is 13.9. The van der Waals surface area contributed by atoms with Gasteiger partial charge in [0.15, 0.2) is 0 Å². The highest BCUT2D eigenvalue weighted by Crippen LogP contribution is 2.14. The first kappa shape index (κ1) is 14.5. The van der Waals surface area contributed by atoms with Crippen LogP contribution in [0.25, 0.3) is 0 Å². The van der Waals surface area contributed by atoms with Gasteiger partial charge in [-0.1, -0.05) is 13.8 Å². The van der Waals surface area contributed by atoms with E-state index in [0.29, 0.717) is 17.3 Å². The van der Waals surface area contributed by atoms with Crippen molar-refractivity contribution in [1.29, 1.82) is 0 Å². The zero-order valence-corrected chi connectivity index (χ0v) is 11.9. The van der Waals surface area contributed by atoms with Gasteiger partial charge < -0.3 is 10.6 Å². The second-order valence-corrected chi connectivity index (χ2v) is 5.32. The topological polar surface area (TPSA) is 59.2 Å². The van der Waals surface area contributed by atoms with Crippen LogP contribution >= 0.6 is 0 Å². The first-order valence-corrected chi connectivity index (χ1v) is 6.32. The Morgan fingerprint density at radius 2 is 2.00 bits per heavy atom. The van der Waals surface area contributed by atoms with Crippen molar-refractivity contribution in [2.75, 3.05) is 12.8 Å². The van der Waals surface area contributed by atoms with Crippen molar-refractivity contribution in [3.8, 4) is 0 Å². The number of carbonyl (C=O) groups is 1. The third kappa shape index (κ3) is 3.72. The average Bonchev–Trinajstić information content (AvgIpc) is 2.24. The Hall–Kier alpha value is -1.58. The fourth-order valence-electron chi connectivity index (χ4n) is 2.06. The lowest BCUT2D eigenvalue weighted by Gasteiger charge is -2.26. The molecule has 1 aromatic heterocycles. The van der Waals surface area contributed by atoms with Gasteiger partial charge in [0.1, 0.15) is 5.82 Å². The Kier molecular flexibility index (Phi) is 4.70. The fraction of sp³-hybridized carbons (Fsp3) is 0.571. The number of rotatable bonds is 4. The molecule has 4 heteroatoms. The summed E-state index contributed by atoms with van der Waals surface area (Å²) in [5, 5.41) is 0. The van der Waals surface area contributed by atoms with E-state index in [0.717, 1.165) is 12.1 Å². The minimum Gasteiger partial charge on any atom is -0.384 e. The number of anilines is 1. The molecule has 2 N–H and O–H groups in total. The molecule has 1 amide bonds. The molecule has 0 aliphatic rings.